The Morgan fingerprint density at radius 1 is 1.54 bits per heavy atom. The van der Waals surface area contributed by atoms with Crippen molar-refractivity contribution in [1.29, 1.82) is 0 Å². The fraction of sp³-hybridized carbons (Fsp3) is 0.556. The Morgan fingerprint density at radius 3 is 2.92 bits per heavy atom. The number of amides is 1. The summed E-state index contributed by atoms with van der Waals surface area (Å²) in [6.45, 7) is 3.96. The maximum atomic E-state index is 11.1. The monoisotopic (exact) mass is 179 g/mol. The van der Waals surface area contributed by atoms with Crippen molar-refractivity contribution in [1.82, 2.24) is 10.2 Å². The standard InChI is InChI=1S/C9H13N3O/c1-6(13)12-4-7-3-11-9(10-2)8(7)5-12/h3-5H2,1-2H3,(H,10,11). The molecule has 0 fully saturated rings. The first-order valence-corrected chi connectivity index (χ1v) is 4.40. The average molecular weight is 179 g/mol. The van der Waals surface area contributed by atoms with Crippen LogP contribution in [-0.4, -0.2) is 43.3 Å². The van der Waals surface area contributed by atoms with Crippen LogP contribution in [0.1, 0.15) is 6.92 Å². The van der Waals surface area contributed by atoms with Crippen LogP contribution < -0.4 is 5.32 Å². The van der Waals surface area contributed by atoms with Gasteiger partial charge in [-0.2, -0.15) is 0 Å². The Hall–Kier alpha value is -1.32. The van der Waals surface area contributed by atoms with E-state index in [1.54, 1.807) is 14.0 Å². The summed E-state index contributed by atoms with van der Waals surface area (Å²) in [5.41, 5.74) is 2.54. The molecule has 0 saturated heterocycles. The van der Waals surface area contributed by atoms with Gasteiger partial charge in [-0.3, -0.25) is 9.79 Å². The van der Waals surface area contributed by atoms with Crippen LogP contribution in [0.2, 0.25) is 0 Å². The molecule has 2 aliphatic heterocycles. The highest BCUT2D eigenvalue weighted by atomic mass is 16.2. The lowest BCUT2D eigenvalue weighted by Crippen LogP contribution is -2.32. The summed E-state index contributed by atoms with van der Waals surface area (Å²) in [4.78, 5) is 17.1. The summed E-state index contributed by atoms with van der Waals surface area (Å²) in [5.74, 6) is 1.10. The highest BCUT2D eigenvalue weighted by Crippen LogP contribution is 2.21. The van der Waals surface area contributed by atoms with Crippen molar-refractivity contribution in [3.63, 3.8) is 0 Å². The zero-order valence-corrected chi connectivity index (χ0v) is 7.92. The minimum atomic E-state index is 0.143. The Bertz CT molecular complexity index is 317. The van der Waals surface area contributed by atoms with Gasteiger partial charge in [-0.05, 0) is 5.57 Å². The van der Waals surface area contributed by atoms with E-state index in [0.717, 1.165) is 25.5 Å². The van der Waals surface area contributed by atoms with E-state index >= 15 is 0 Å². The number of carbonyl (C=O) groups is 1. The van der Waals surface area contributed by atoms with Crippen LogP contribution in [0.3, 0.4) is 0 Å². The number of hydrogen-bond acceptors (Lipinski definition) is 2. The largest absolute Gasteiger partial charge is 0.366 e. The molecule has 0 bridgehead atoms. The van der Waals surface area contributed by atoms with Crippen molar-refractivity contribution in [3.8, 4) is 0 Å². The van der Waals surface area contributed by atoms with Crippen LogP contribution in [-0.2, 0) is 4.79 Å². The fourth-order valence-corrected chi connectivity index (χ4v) is 1.82. The average Bonchev–Trinajstić information content (AvgIpc) is 2.60. The fourth-order valence-electron chi connectivity index (χ4n) is 1.82. The van der Waals surface area contributed by atoms with Crippen LogP contribution in [0.25, 0.3) is 0 Å². The Labute approximate surface area is 77.3 Å². The predicted molar refractivity (Wildman–Crippen MR) is 50.6 cm³/mol. The summed E-state index contributed by atoms with van der Waals surface area (Å²) in [6.07, 6.45) is 0. The first-order chi connectivity index (χ1) is 6.22. The molecule has 1 amide bonds. The predicted octanol–water partition coefficient (Wildman–Crippen LogP) is -0.223. The highest BCUT2D eigenvalue weighted by Gasteiger charge is 2.30. The number of carbonyl (C=O) groups excluding carboxylic acids is 1. The van der Waals surface area contributed by atoms with E-state index in [1.165, 1.54) is 11.1 Å². The van der Waals surface area contributed by atoms with Gasteiger partial charge in [0.1, 0.15) is 5.84 Å². The molecule has 2 heterocycles. The summed E-state index contributed by atoms with van der Waals surface area (Å²) in [7, 11) is 1.77. The van der Waals surface area contributed by atoms with Gasteiger partial charge in [0.15, 0.2) is 0 Å². The highest BCUT2D eigenvalue weighted by molar-refractivity contribution is 6.03. The van der Waals surface area contributed by atoms with E-state index in [0.29, 0.717) is 0 Å². The van der Waals surface area contributed by atoms with Crippen molar-refractivity contribution in [2.75, 3.05) is 26.7 Å². The summed E-state index contributed by atoms with van der Waals surface area (Å²) in [6, 6.07) is 0. The number of aliphatic imine (C=N–C) groups is 1. The molecule has 0 aromatic heterocycles. The molecule has 0 aliphatic carbocycles. The minimum Gasteiger partial charge on any atom is -0.366 e. The van der Waals surface area contributed by atoms with E-state index in [2.05, 4.69) is 10.3 Å². The lowest BCUT2D eigenvalue weighted by molar-refractivity contribution is -0.127. The first-order valence-electron chi connectivity index (χ1n) is 4.40. The van der Waals surface area contributed by atoms with Crippen LogP contribution in [0, 0.1) is 0 Å². The third kappa shape index (κ3) is 1.22. The summed E-state index contributed by atoms with van der Waals surface area (Å²) >= 11 is 0. The number of nitrogens with zero attached hydrogens (tertiary/aromatic N) is 2. The molecule has 70 valence electrons. The third-order valence-corrected chi connectivity index (χ3v) is 2.58. The molecule has 1 N–H and O–H groups in total. The second kappa shape index (κ2) is 2.87. The molecule has 4 heteroatoms. The molecule has 0 saturated carbocycles. The van der Waals surface area contributed by atoms with Gasteiger partial charge in [-0.25, -0.2) is 0 Å². The van der Waals surface area contributed by atoms with Gasteiger partial charge in [0, 0.05) is 39.2 Å². The molecule has 0 aromatic carbocycles. The molecule has 2 aliphatic rings. The van der Waals surface area contributed by atoms with Crippen molar-refractivity contribution >= 4 is 11.7 Å². The SMILES string of the molecule is CN=C1NCC2=C1CN(C(C)=O)C2. The molecular formula is C9H13N3O. The van der Waals surface area contributed by atoms with Crippen LogP contribution in [0.4, 0.5) is 0 Å². The van der Waals surface area contributed by atoms with Gasteiger partial charge in [0.25, 0.3) is 0 Å². The van der Waals surface area contributed by atoms with E-state index < -0.39 is 0 Å². The van der Waals surface area contributed by atoms with E-state index in [9.17, 15) is 4.79 Å². The molecule has 2 rings (SSSR count). The Morgan fingerprint density at radius 2 is 2.31 bits per heavy atom. The molecule has 0 radical (unpaired) electrons. The summed E-state index contributed by atoms with van der Waals surface area (Å²) in [5, 5.41) is 3.21. The lowest BCUT2D eigenvalue weighted by atomic mass is 10.2. The van der Waals surface area contributed by atoms with Gasteiger partial charge in [0.2, 0.25) is 5.91 Å². The number of rotatable bonds is 0. The second-order valence-corrected chi connectivity index (χ2v) is 3.38. The third-order valence-electron chi connectivity index (χ3n) is 2.58. The van der Waals surface area contributed by atoms with E-state index in [1.807, 2.05) is 4.90 Å². The number of nitrogens with one attached hydrogen (secondary N) is 1. The van der Waals surface area contributed by atoms with E-state index in [4.69, 9.17) is 0 Å². The Kier molecular flexibility index (Phi) is 1.83. The second-order valence-electron chi connectivity index (χ2n) is 3.38. The van der Waals surface area contributed by atoms with E-state index in [-0.39, 0.29) is 5.91 Å². The van der Waals surface area contributed by atoms with Crippen molar-refractivity contribution in [3.05, 3.63) is 11.1 Å². The minimum absolute atomic E-state index is 0.143. The number of amidine groups is 1. The van der Waals surface area contributed by atoms with Gasteiger partial charge in [-0.1, -0.05) is 0 Å². The Balaban J connectivity index is 2.17. The quantitative estimate of drug-likeness (QED) is 0.558. The molecule has 4 nitrogen and oxygen atoms in total. The first kappa shape index (κ1) is 8.29. The van der Waals surface area contributed by atoms with Crippen LogP contribution in [0.15, 0.2) is 16.1 Å². The molecule has 13 heavy (non-hydrogen) atoms. The zero-order chi connectivity index (χ0) is 9.42. The lowest BCUT2D eigenvalue weighted by Gasteiger charge is -2.16. The van der Waals surface area contributed by atoms with Crippen molar-refractivity contribution < 1.29 is 4.79 Å². The normalized spacial score (nSPS) is 23.8. The van der Waals surface area contributed by atoms with Crippen molar-refractivity contribution in [2.45, 2.75) is 6.92 Å². The molecule has 0 spiro atoms. The molecule has 0 aromatic rings. The van der Waals surface area contributed by atoms with Crippen molar-refractivity contribution in [2.24, 2.45) is 4.99 Å². The van der Waals surface area contributed by atoms with Gasteiger partial charge >= 0.3 is 0 Å². The topological polar surface area (TPSA) is 44.7 Å². The molecular weight excluding hydrogens is 166 g/mol. The number of hydrogen-bond donors (Lipinski definition) is 1. The maximum absolute atomic E-state index is 11.1. The maximum Gasteiger partial charge on any atom is 0.220 e. The van der Waals surface area contributed by atoms with Gasteiger partial charge in [0.05, 0.1) is 0 Å². The van der Waals surface area contributed by atoms with Gasteiger partial charge < -0.3 is 10.2 Å². The zero-order valence-electron chi connectivity index (χ0n) is 7.92. The molecule has 0 atom stereocenters. The molecule has 0 unspecified atom stereocenters. The van der Waals surface area contributed by atoms with Crippen LogP contribution in [0.5, 0.6) is 0 Å². The smallest absolute Gasteiger partial charge is 0.220 e. The van der Waals surface area contributed by atoms with Gasteiger partial charge in [-0.15, -0.1) is 0 Å². The van der Waals surface area contributed by atoms with Crippen LogP contribution >= 0.6 is 0 Å². The summed E-state index contributed by atoms with van der Waals surface area (Å²) < 4.78 is 0.